The number of benzene rings is 2. The molecular formula is C33H37FN4O5. The molecule has 3 heterocycles. The van der Waals surface area contributed by atoms with Crippen LogP contribution in [-0.4, -0.2) is 50.3 Å². The number of nitrogens with one attached hydrogen (secondary N) is 1. The van der Waals surface area contributed by atoms with Crippen molar-refractivity contribution in [1.82, 2.24) is 19.9 Å². The lowest BCUT2D eigenvalue weighted by Gasteiger charge is -2.28. The maximum atomic E-state index is 15.5. The molecule has 0 aliphatic carbocycles. The monoisotopic (exact) mass is 588 g/mol. The van der Waals surface area contributed by atoms with Gasteiger partial charge in [-0.1, -0.05) is 30.3 Å². The molecular weight excluding hydrogens is 551 g/mol. The van der Waals surface area contributed by atoms with Gasteiger partial charge in [0.15, 0.2) is 29.0 Å². The molecule has 0 saturated carbocycles. The minimum Gasteiger partial charge on any atom is -0.490 e. The molecule has 0 radical (unpaired) electrons. The summed E-state index contributed by atoms with van der Waals surface area (Å²) in [5.41, 5.74) is 3.65. The molecule has 1 aliphatic rings. The number of aryl methyl sites for hydroxylation is 2. The third kappa shape index (κ3) is 6.39. The van der Waals surface area contributed by atoms with Crippen molar-refractivity contribution < 1.29 is 28.6 Å². The van der Waals surface area contributed by atoms with Crippen LogP contribution in [0.15, 0.2) is 42.5 Å². The second-order valence-corrected chi connectivity index (χ2v) is 11.8. The summed E-state index contributed by atoms with van der Waals surface area (Å²) in [4.78, 5) is 30.5. The summed E-state index contributed by atoms with van der Waals surface area (Å²) >= 11 is 0. The number of aromatic nitrogens is 3. The molecule has 43 heavy (non-hydrogen) atoms. The van der Waals surface area contributed by atoms with Crippen LogP contribution < -0.4 is 10.1 Å². The third-order valence-corrected chi connectivity index (χ3v) is 7.48. The third-order valence-electron chi connectivity index (χ3n) is 7.48. The standard InChI is InChI=1S/C33H37FN4O5/c1-19-22-14-10-16-42-29(22)24(34)17-23(19)28-27(30(32(40)41)43-33(3,4)5)20(2)36-26-18-25(37-38(26)28)31(39)35-15-9-13-21-11-7-6-8-12-21/h6-8,11-12,17-18,30H,9-10,13-16H2,1-5H3,(H,35,39)(H,40,41). The lowest BCUT2D eigenvalue weighted by Crippen LogP contribution is -2.29. The number of carboxylic acid groups (broad SMARTS) is 1. The molecule has 2 aromatic heterocycles. The number of carboxylic acids is 1. The summed E-state index contributed by atoms with van der Waals surface area (Å²) in [6.07, 6.45) is 1.48. The van der Waals surface area contributed by atoms with Crippen LogP contribution in [0.2, 0.25) is 0 Å². The van der Waals surface area contributed by atoms with Crippen LogP contribution in [0.5, 0.6) is 5.75 Å². The first-order valence-electron chi connectivity index (χ1n) is 14.5. The number of hydrogen-bond donors (Lipinski definition) is 2. The highest BCUT2D eigenvalue weighted by molar-refractivity contribution is 5.93. The zero-order valence-electron chi connectivity index (χ0n) is 25.2. The van der Waals surface area contributed by atoms with Crippen molar-refractivity contribution in [2.75, 3.05) is 13.2 Å². The number of halogens is 1. The average molecular weight is 589 g/mol. The van der Waals surface area contributed by atoms with Gasteiger partial charge >= 0.3 is 5.97 Å². The fraction of sp³-hybridized carbons (Fsp3) is 0.394. The van der Waals surface area contributed by atoms with Crippen molar-refractivity contribution in [2.24, 2.45) is 0 Å². The van der Waals surface area contributed by atoms with E-state index in [0.29, 0.717) is 42.2 Å². The number of carbonyl (C=O) groups excluding carboxylic acids is 1. The van der Waals surface area contributed by atoms with Gasteiger partial charge in [-0.2, -0.15) is 5.10 Å². The Labute approximate surface area is 250 Å². The lowest BCUT2D eigenvalue weighted by molar-refractivity contribution is -0.160. The van der Waals surface area contributed by atoms with Crippen LogP contribution in [0.4, 0.5) is 4.39 Å². The Morgan fingerprint density at radius 3 is 2.63 bits per heavy atom. The first kappa shape index (κ1) is 30.2. The van der Waals surface area contributed by atoms with E-state index < -0.39 is 23.5 Å². The van der Waals surface area contributed by atoms with Crippen molar-refractivity contribution in [2.45, 2.75) is 72.0 Å². The summed E-state index contributed by atoms with van der Waals surface area (Å²) in [7, 11) is 0. The second kappa shape index (κ2) is 12.1. The molecule has 10 heteroatoms. The molecule has 9 nitrogen and oxygen atoms in total. The normalized spacial score (nSPS) is 13.8. The SMILES string of the molecule is Cc1nc2cc(C(=O)NCCCc3ccccc3)nn2c(-c2cc(F)c3c(c2C)CCCO3)c1C(OC(C)(C)C)C(=O)O. The number of rotatable bonds is 9. The van der Waals surface area contributed by atoms with Crippen LogP contribution in [0.25, 0.3) is 16.9 Å². The van der Waals surface area contributed by atoms with E-state index in [1.807, 2.05) is 37.3 Å². The van der Waals surface area contributed by atoms with E-state index in [4.69, 9.17) is 9.47 Å². The number of hydrogen-bond acceptors (Lipinski definition) is 6. The zero-order valence-corrected chi connectivity index (χ0v) is 25.2. The van der Waals surface area contributed by atoms with E-state index in [2.05, 4.69) is 15.4 Å². The second-order valence-electron chi connectivity index (χ2n) is 11.8. The van der Waals surface area contributed by atoms with Crippen LogP contribution in [0, 0.1) is 19.7 Å². The van der Waals surface area contributed by atoms with Gasteiger partial charge in [0.05, 0.1) is 17.9 Å². The predicted molar refractivity (Wildman–Crippen MR) is 160 cm³/mol. The Kier molecular flexibility index (Phi) is 8.50. The molecule has 1 amide bonds. The number of nitrogens with zero attached hydrogens (tertiary/aromatic N) is 3. The first-order valence-corrected chi connectivity index (χ1v) is 14.5. The molecule has 4 aromatic rings. The van der Waals surface area contributed by atoms with E-state index >= 15 is 4.39 Å². The molecule has 0 bridgehead atoms. The minimum atomic E-state index is -1.43. The number of ether oxygens (including phenoxy) is 2. The topological polar surface area (TPSA) is 115 Å². The highest BCUT2D eigenvalue weighted by Gasteiger charge is 2.34. The molecule has 0 saturated heterocycles. The highest BCUT2D eigenvalue weighted by atomic mass is 19.1. The van der Waals surface area contributed by atoms with Crippen LogP contribution in [0.1, 0.15) is 78.2 Å². The van der Waals surface area contributed by atoms with E-state index in [1.165, 1.54) is 16.1 Å². The van der Waals surface area contributed by atoms with E-state index in [1.54, 1.807) is 33.8 Å². The minimum absolute atomic E-state index is 0.119. The lowest BCUT2D eigenvalue weighted by atomic mass is 9.91. The summed E-state index contributed by atoms with van der Waals surface area (Å²) < 4.78 is 28.6. The largest absolute Gasteiger partial charge is 0.490 e. The van der Waals surface area contributed by atoms with Crippen molar-refractivity contribution in [3.05, 3.63) is 81.9 Å². The summed E-state index contributed by atoms with van der Waals surface area (Å²) in [5.74, 6) is -1.93. The van der Waals surface area contributed by atoms with E-state index in [0.717, 1.165) is 30.4 Å². The Bertz CT molecular complexity index is 1680. The van der Waals surface area contributed by atoms with Crippen LogP contribution in [0.3, 0.4) is 0 Å². The van der Waals surface area contributed by atoms with Crippen molar-refractivity contribution >= 4 is 17.5 Å². The quantitative estimate of drug-likeness (QED) is 0.238. The van der Waals surface area contributed by atoms with Gasteiger partial charge < -0.3 is 19.9 Å². The molecule has 226 valence electrons. The number of fused-ring (bicyclic) bond motifs is 2. The van der Waals surface area contributed by atoms with Crippen molar-refractivity contribution in [3.8, 4) is 17.0 Å². The van der Waals surface area contributed by atoms with E-state index in [9.17, 15) is 14.7 Å². The highest BCUT2D eigenvalue weighted by Crippen LogP contribution is 2.41. The van der Waals surface area contributed by atoms with Gasteiger partial charge in [0, 0.05) is 35.0 Å². The summed E-state index contributed by atoms with van der Waals surface area (Å²) in [6, 6.07) is 12.9. The van der Waals surface area contributed by atoms with Crippen molar-refractivity contribution in [1.29, 1.82) is 0 Å². The molecule has 2 N–H and O–H groups in total. The van der Waals surface area contributed by atoms with Gasteiger partial charge in [-0.15, -0.1) is 0 Å². The smallest absolute Gasteiger partial charge is 0.337 e. The van der Waals surface area contributed by atoms with Gasteiger partial charge in [0.25, 0.3) is 5.91 Å². The van der Waals surface area contributed by atoms with Crippen LogP contribution in [-0.2, 0) is 22.4 Å². The molecule has 1 unspecified atom stereocenters. The number of aliphatic carboxylic acids is 1. The number of carbonyl (C=O) groups is 2. The Morgan fingerprint density at radius 2 is 1.93 bits per heavy atom. The Balaban J connectivity index is 1.61. The average Bonchev–Trinajstić information content (AvgIpc) is 3.39. The maximum Gasteiger partial charge on any atom is 0.337 e. The van der Waals surface area contributed by atoms with Gasteiger partial charge in [0.2, 0.25) is 0 Å². The van der Waals surface area contributed by atoms with E-state index in [-0.39, 0.29) is 22.9 Å². The van der Waals surface area contributed by atoms with Gasteiger partial charge in [0.1, 0.15) is 0 Å². The fourth-order valence-electron chi connectivity index (χ4n) is 5.54. The van der Waals surface area contributed by atoms with Gasteiger partial charge in [-0.3, -0.25) is 4.79 Å². The fourth-order valence-corrected chi connectivity index (χ4v) is 5.54. The Hall–Kier alpha value is -4.31. The predicted octanol–water partition coefficient (Wildman–Crippen LogP) is 5.78. The molecule has 1 aliphatic heterocycles. The van der Waals surface area contributed by atoms with Gasteiger partial charge in [-0.05, 0) is 77.5 Å². The summed E-state index contributed by atoms with van der Waals surface area (Å²) in [5, 5.41) is 17.8. The summed E-state index contributed by atoms with van der Waals surface area (Å²) in [6.45, 7) is 9.71. The number of amides is 1. The molecule has 2 aromatic carbocycles. The molecule has 5 rings (SSSR count). The molecule has 0 spiro atoms. The van der Waals surface area contributed by atoms with Crippen LogP contribution >= 0.6 is 0 Å². The zero-order chi connectivity index (χ0) is 30.9. The maximum absolute atomic E-state index is 15.5. The molecule has 1 atom stereocenters. The molecule has 0 fully saturated rings. The first-order chi connectivity index (χ1) is 20.4. The van der Waals surface area contributed by atoms with Crippen molar-refractivity contribution in [3.63, 3.8) is 0 Å². The Morgan fingerprint density at radius 1 is 1.19 bits per heavy atom. The van der Waals surface area contributed by atoms with Gasteiger partial charge in [-0.25, -0.2) is 18.7 Å².